The lowest BCUT2D eigenvalue weighted by molar-refractivity contribution is 0.0934. The summed E-state index contributed by atoms with van der Waals surface area (Å²) >= 11 is 0. The lowest BCUT2D eigenvalue weighted by atomic mass is 9.95. The van der Waals surface area contributed by atoms with Crippen LogP contribution in [-0.2, 0) is 4.74 Å². The number of pyridine rings is 1. The third-order valence-corrected chi connectivity index (χ3v) is 10.8. The van der Waals surface area contributed by atoms with Crippen LogP contribution < -0.4 is 20.3 Å². The molecule has 3 N–H and O–H groups in total. The quantitative estimate of drug-likeness (QED) is 0.174. The van der Waals surface area contributed by atoms with Gasteiger partial charge in [0, 0.05) is 62.7 Å². The van der Waals surface area contributed by atoms with Gasteiger partial charge in [-0.1, -0.05) is 12.0 Å². The average Bonchev–Trinajstić information content (AvgIpc) is 3.77. The van der Waals surface area contributed by atoms with Crippen LogP contribution in [-0.4, -0.2) is 108 Å². The van der Waals surface area contributed by atoms with Gasteiger partial charge < -0.3 is 30.1 Å². The van der Waals surface area contributed by atoms with Crippen LogP contribution >= 0.6 is 0 Å². The molecule has 4 aliphatic heterocycles. The Morgan fingerprint density at radius 2 is 1.96 bits per heavy atom. The van der Waals surface area contributed by atoms with Crippen molar-refractivity contribution in [1.82, 2.24) is 30.5 Å². The van der Waals surface area contributed by atoms with Crippen LogP contribution in [0.25, 0.3) is 32.9 Å². The molecular formula is C37H38F3N7O4. The summed E-state index contributed by atoms with van der Waals surface area (Å²) in [5, 5.41) is 17.7. The number of amides is 1. The highest BCUT2D eigenvalue weighted by Gasteiger charge is 2.49. The maximum absolute atomic E-state index is 17.3. The van der Waals surface area contributed by atoms with E-state index in [1.165, 1.54) is 31.4 Å². The molecule has 4 fully saturated rings. The van der Waals surface area contributed by atoms with Gasteiger partial charge in [-0.15, -0.1) is 6.42 Å². The van der Waals surface area contributed by atoms with E-state index in [1.807, 2.05) is 4.90 Å². The summed E-state index contributed by atoms with van der Waals surface area (Å²) in [5.41, 5.74) is -1.47. The van der Waals surface area contributed by atoms with Gasteiger partial charge in [0.15, 0.2) is 5.82 Å². The maximum atomic E-state index is 17.3. The van der Waals surface area contributed by atoms with Crippen molar-refractivity contribution in [1.29, 1.82) is 0 Å². The second-order valence-corrected chi connectivity index (χ2v) is 14.0. The first-order chi connectivity index (χ1) is 24.7. The topological polar surface area (TPSA) is 125 Å². The van der Waals surface area contributed by atoms with Crippen molar-refractivity contribution < 1.29 is 32.5 Å². The van der Waals surface area contributed by atoms with E-state index in [9.17, 15) is 14.3 Å². The Morgan fingerprint density at radius 3 is 2.73 bits per heavy atom. The van der Waals surface area contributed by atoms with E-state index < -0.39 is 29.3 Å². The molecule has 2 unspecified atom stereocenters. The number of hydrogen-bond acceptors (Lipinski definition) is 10. The van der Waals surface area contributed by atoms with Gasteiger partial charge in [-0.25, -0.2) is 18.2 Å². The molecule has 2 aromatic heterocycles. The summed E-state index contributed by atoms with van der Waals surface area (Å²) in [6.45, 7) is 2.63. The number of ether oxygens (including phenoxy) is 2. The number of halogens is 3. The Labute approximate surface area is 292 Å². The standard InChI is InChI=1S/C37H38F3N7O4/c1-3-25-27(39)8-5-20-13-24(48)14-26(28(20)25)31-30(40)32-29(33(43-31)35(49)41-10-12-50-2)34(46-17-22-6-7-23(18-46)42-22)45-36(44-32)51-19-37-9-4-11-47(37)16-21(38)15-37/h1,5,8,13-14,21-23,42,48H,4,6-7,9-12,15-19H2,2H3,(H,41,49)/t21-,22?,23?,37+/m1/s1. The van der Waals surface area contributed by atoms with E-state index in [4.69, 9.17) is 20.9 Å². The Bertz CT molecular complexity index is 2080. The van der Waals surface area contributed by atoms with E-state index in [0.29, 0.717) is 31.4 Å². The fraction of sp³-hybridized carbons (Fsp3) is 0.459. The molecule has 0 radical (unpaired) electrons. The average molecular weight is 702 g/mol. The number of hydrogen-bond donors (Lipinski definition) is 3. The first-order valence-electron chi connectivity index (χ1n) is 17.3. The Balaban J connectivity index is 1.35. The van der Waals surface area contributed by atoms with E-state index in [1.54, 1.807) is 0 Å². The van der Waals surface area contributed by atoms with E-state index in [-0.39, 0.29) is 88.2 Å². The zero-order valence-corrected chi connectivity index (χ0v) is 28.1. The summed E-state index contributed by atoms with van der Waals surface area (Å²) in [6.07, 6.45) is 8.66. The molecular weight excluding hydrogens is 663 g/mol. The van der Waals surface area contributed by atoms with Crippen LogP contribution in [0, 0.1) is 24.0 Å². The number of carbonyl (C=O) groups is 1. The van der Waals surface area contributed by atoms with E-state index in [2.05, 4.69) is 31.4 Å². The van der Waals surface area contributed by atoms with Crippen LogP contribution in [0.5, 0.6) is 11.8 Å². The molecule has 8 rings (SSSR count). The number of nitrogens with zero attached hydrogens (tertiary/aromatic N) is 5. The molecule has 0 saturated carbocycles. The number of phenols is 1. The van der Waals surface area contributed by atoms with Gasteiger partial charge in [0.25, 0.3) is 5.91 Å². The monoisotopic (exact) mass is 701 g/mol. The molecule has 11 nitrogen and oxygen atoms in total. The highest BCUT2D eigenvalue weighted by Crippen LogP contribution is 2.43. The Hall–Kier alpha value is -4.71. The predicted molar refractivity (Wildman–Crippen MR) is 185 cm³/mol. The number of rotatable bonds is 9. The van der Waals surface area contributed by atoms with E-state index >= 15 is 8.78 Å². The lowest BCUT2D eigenvalue weighted by Gasteiger charge is -2.35. The third-order valence-electron chi connectivity index (χ3n) is 10.8. The van der Waals surface area contributed by atoms with Gasteiger partial charge in [-0.05, 0) is 55.8 Å². The zero-order chi connectivity index (χ0) is 35.4. The first-order valence-corrected chi connectivity index (χ1v) is 17.3. The van der Waals surface area contributed by atoms with Crippen molar-refractivity contribution in [2.24, 2.45) is 0 Å². The van der Waals surface area contributed by atoms with Crippen molar-refractivity contribution in [3.63, 3.8) is 0 Å². The molecule has 51 heavy (non-hydrogen) atoms. The van der Waals surface area contributed by atoms with E-state index in [0.717, 1.165) is 32.2 Å². The highest BCUT2D eigenvalue weighted by atomic mass is 19.1. The number of phenolic OH excluding ortho intramolecular Hbond substituents is 1. The Morgan fingerprint density at radius 1 is 1.16 bits per heavy atom. The van der Waals surface area contributed by atoms with Crippen molar-refractivity contribution in [3.8, 4) is 35.4 Å². The van der Waals surface area contributed by atoms with Crippen molar-refractivity contribution in [3.05, 3.63) is 47.2 Å². The van der Waals surface area contributed by atoms with Gasteiger partial charge in [-0.2, -0.15) is 9.97 Å². The second-order valence-electron chi connectivity index (χ2n) is 14.0. The van der Waals surface area contributed by atoms with Gasteiger partial charge >= 0.3 is 6.01 Å². The molecule has 4 aromatic rings. The van der Waals surface area contributed by atoms with Gasteiger partial charge in [0.05, 0.1) is 23.1 Å². The third kappa shape index (κ3) is 5.87. The molecule has 4 atom stereocenters. The van der Waals surface area contributed by atoms with Crippen LogP contribution in [0.3, 0.4) is 0 Å². The summed E-state index contributed by atoms with van der Waals surface area (Å²) in [6, 6.07) is 5.42. The van der Waals surface area contributed by atoms with Gasteiger partial charge in [-0.3, -0.25) is 9.69 Å². The van der Waals surface area contributed by atoms with Gasteiger partial charge in [0.2, 0.25) is 0 Å². The SMILES string of the molecule is C#Cc1c(F)ccc2cc(O)cc(-c3nc(C(=O)NCCOC)c4c(N5CC6CCC(C5)N6)nc(OC[C@@]56CCCN5C[C@H](F)C6)nc4c3F)c12. The summed E-state index contributed by atoms with van der Waals surface area (Å²) in [4.78, 5) is 32.1. The van der Waals surface area contributed by atoms with Crippen molar-refractivity contribution in [2.75, 3.05) is 57.9 Å². The summed E-state index contributed by atoms with van der Waals surface area (Å²) < 4.78 is 58.5. The molecule has 266 valence electrons. The molecule has 2 aromatic carbocycles. The molecule has 6 heterocycles. The van der Waals surface area contributed by atoms with Crippen LogP contribution in [0.15, 0.2) is 24.3 Å². The number of nitrogens with one attached hydrogen (secondary N) is 2. The number of aromatic hydroxyl groups is 1. The molecule has 4 aliphatic rings. The van der Waals surface area contributed by atoms with Crippen LogP contribution in [0.4, 0.5) is 19.0 Å². The summed E-state index contributed by atoms with van der Waals surface area (Å²) in [5.74, 6) is 0.102. The second kappa shape index (κ2) is 13.1. The molecule has 0 aliphatic carbocycles. The fourth-order valence-corrected chi connectivity index (χ4v) is 8.49. The Kier molecular flexibility index (Phi) is 8.60. The minimum Gasteiger partial charge on any atom is -0.508 e. The number of carbonyl (C=O) groups excluding carboxylic acids is 1. The number of aromatic nitrogens is 3. The molecule has 0 spiro atoms. The minimum atomic E-state index is -0.974. The van der Waals surface area contributed by atoms with Crippen LogP contribution in [0.2, 0.25) is 0 Å². The van der Waals surface area contributed by atoms with Crippen LogP contribution in [0.1, 0.15) is 48.2 Å². The van der Waals surface area contributed by atoms with Gasteiger partial charge in [0.1, 0.15) is 47.1 Å². The lowest BCUT2D eigenvalue weighted by Crippen LogP contribution is -2.51. The number of methoxy groups -OCH3 is 1. The molecule has 1 amide bonds. The predicted octanol–water partition coefficient (Wildman–Crippen LogP) is 4.08. The number of fused-ring (bicyclic) bond motifs is 5. The van der Waals surface area contributed by atoms with Crippen molar-refractivity contribution >= 4 is 33.4 Å². The number of benzene rings is 2. The molecule has 14 heteroatoms. The molecule has 4 saturated heterocycles. The fourth-order valence-electron chi connectivity index (χ4n) is 8.49. The van der Waals surface area contributed by atoms with Crippen molar-refractivity contribution in [2.45, 2.75) is 55.9 Å². The smallest absolute Gasteiger partial charge is 0.319 e. The maximum Gasteiger partial charge on any atom is 0.319 e. The number of anilines is 1. The number of alkyl halides is 1. The number of piperazine rings is 1. The highest BCUT2D eigenvalue weighted by molar-refractivity contribution is 6.11. The molecule has 2 bridgehead atoms. The largest absolute Gasteiger partial charge is 0.508 e. The number of terminal acetylenes is 1. The normalized spacial score (nSPS) is 24.3. The minimum absolute atomic E-state index is 0.0222. The summed E-state index contributed by atoms with van der Waals surface area (Å²) in [7, 11) is 1.50. The first kappa shape index (κ1) is 33.4. The zero-order valence-electron chi connectivity index (χ0n) is 28.1.